The Morgan fingerprint density at radius 2 is 2.21 bits per heavy atom. The molecule has 0 amide bonds. The first kappa shape index (κ1) is 12.3. The third-order valence-corrected chi connectivity index (χ3v) is 3.75. The van der Waals surface area contributed by atoms with E-state index < -0.39 is 5.60 Å². The monoisotopic (exact) mass is 258 g/mol. The second kappa shape index (κ2) is 4.75. The van der Waals surface area contributed by atoms with Crippen LogP contribution in [0.1, 0.15) is 12.8 Å². The molecule has 1 fully saturated rings. The van der Waals surface area contributed by atoms with Crippen LogP contribution in [0, 0.1) is 0 Å². The summed E-state index contributed by atoms with van der Waals surface area (Å²) < 4.78 is 0. The van der Waals surface area contributed by atoms with Crippen LogP contribution in [0.4, 0.5) is 5.69 Å². The Labute approximate surface area is 112 Å². The molecule has 100 valence electrons. The molecule has 2 aromatic heterocycles. The number of β-amino-alcohol motifs (C(OH)–C–C–N with tert-alkyl or cyclic N) is 1. The molecule has 0 saturated carbocycles. The summed E-state index contributed by atoms with van der Waals surface area (Å²) >= 11 is 0. The minimum atomic E-state index is -0.789. The molecular formula is C14H18N4O. The number of pyridine rings is 2. The zero-order chi connectivity index (χ0) is 13.3. The predicted molar refractivity (Wildman–Crippen MR) is 75.0 cm³/mol. The van der Waals surface area contributed by atoms with Crippen LogP contribution in [0.5, 0.6) is 0 Å². The fraction of sp³-hybridized carbons (Fsp3) is 0.429. The van der Waals surface area contributed by atoms with Gasteiger partial charge in [0.05, 0.1) is 16.8 Å². The van der Waals surface area contributed by atoms with Gasteiger partial charge in [0.2, 0.25) is 0 Å². The second-order valence-electron chi connectivity index (χ2n) is 5.15. The van der Waals surface area contributed by atoms with Crippen LogP contribution >= 0.6 is 0 Å². The first-order valence-electron chi connectivity index (χ1n) is 6.59. The molecule has 19 heavy (non-hydrogen) atoms. The number of aromatic nitrogens is 2. The zero-order valence-corrected chi connectivity index (χ0v) is 10.8. The first-order chi connectivity index (χ1) is 9.22. The van der Waals surface area contributed by atoms with Crippen molar-refractivity contribution in [2.24, 2.45) is 5.73 Å². The predicted octanol–water partition coefficient (Wildman–Crippen LogP) is 0.920. The molecule has 2 aromatic rings. The van der Waals surface area contributed by atoms with Crippen molar-refractivity contribution in [2.45, 2.75) is 18.4 Å². The minimum absolute atomic E-state index is 0.292. The summed E-state index contributed by atoms with van der Waals surface area (Å²) in [6.45, 7) is 1.76. The topological polar surface area (TPSA) is 75.3 Å². The molecule has 1 atom stereocenters. The highest BCUT2D eigenvalue weighted by Gasteiger charge is 2.32. The van der Waals surface area contributed by atoms with Crippen LogP contribution in [0.3, 0.4) is 0 Å². The van der Waals surface area contributed by atoms with Gasteiger partial charge in [0.25, 0.3) is 0 Å². The molecule has 0 unspecified atom stereocenters. The SMILES string of the molecule is NC[C@@]1(O)CCCN(c2ccnc3cccnc23)C1. The van der Waals surface area contributed by atoms with Gasteiger partial charge < -0.3 is 15.7 Å². The molecule has 5 heteroatoms. The van der Waals surface area contributed by atoms with E-state index in [1.807, 2.05) is 18.2 Å². The van der Waals surface area contributed by atoms with E-state index in [1.54, 1.807) is 12.4 Å². The normalized spacial score (nSPS) is 23.8. The van der Waals surface area contributed by atoms with Gasteiger partial charge in [0.1, 0.15) is 5.52 Å². The van der Waals surface area contributed by atoms with Gasteiger partial charge >= 0.3 is 0 Å². The van der Waals surface area contributed by atoms with Gasteiger partial charge in [-0.25, -0.2) is 0 Å². The second-order valence-corrected chi connectivity index (χ2v) is 5.15. The van der Waals surface area contributed by atoms with Crippen molar-refractivity contribution >= 4 is 16.7 Å². The van der Waals surface area contributed by atoms with Crippen molar-refractivity contribution in [2.75, 3.05) is 24.5 Å². The van der Waals surface area contributed by atoms with Crippen LogP contribution in [0.2, 0.25) is 0 Å². The number of aliphatic hydroxyl groups is 1. The summed E-state index contributed by atoms with van der Waals surface area (Å²) in [6, 6.07) is 5.79. The maximum Gasteiger partial charge on any atom is 0.112 e. The van der Waals surface area contributed by atoms with Gasteiger partial charge in [-0.15, -0.1) is 0 Å². The van der Waals surface area contributed by atoms with Crippen molar-refractivity contribution in [1.82, 2.24) is 9.97 Å². The first-order valence-corrected chi connectivity index (χ1v) is 6.59. The number of nitrogens with two attached hydrogens (primary N) is 1. The molecule has 3 N–H and O–H groups in total. The van der Waals surface area contributed by atoms with Crippen LogP contribution < -0.4 is 10.6 Å². The number of hydrogen-bond acceptors (Lipinski definition) is 5. The van der Waals surface area contributed by atoms with Gasteiger partial charge in [-0.05, 0) is 31.0 Å². The van der Waals surface area contributed by atoms with Crippen molar-refractivity contribution in [3.05, 3.63) is 30.6 Å². The smallest absolute Gasteiger partial charge is 0.112 e. The Hall–Kier alpha value is -1.72. The summed E-state index contributed by atoms with van der Waals surface area (Å²) in [6.07, 6.45) is 5.25. The molecule has 3 rings (SSSR count). The molecule has 1 aliphatic rings. The van der Waals surface area contributed by atoms with Crippen LogP contribution in [-0.2, 0) is 0 Å². The van der Waals surface area contributed by atoms with Crippen molar-refractivity contribution in [3.8, 4) is 0 Å². The molecule has 0 radical (unpaired) electrons. The van der Waals surface area contributed by atoms with Gasteiger partial charge in [-0.1, -0.05) is 0 Å². The van der Waals surface area contributed by atoms with E-state index in [4.69, 9.17) is 5.73 Å². The lowest BCUT2D eigenvalue weighted by Crippen LogP contribution is -2.52. The molecular weight excluding hydrogens is 240 g/mol. The fourth-order valence-corrected chi connectivity index (χ4v) is 2.71. The quantitative estimate of drug-likeness (QED) is 0.837. The fourth-order valence-electron chi connectivity index (χ4n) is 2.71. The van der Waals surface area contributed by atoms with Crippen molar-refractivity contribution in [3.63, 3.8) is 0 Å². The van der Waals surface area contributed by atoms with E-state index in [-0.39, 0.29) is 0 Å². The van der Waals surface area contributed by atoms with Crippen molar-refractivity contribution < 1.29 is 5.11 Å². The Morgan fingerprint density at radius 1 is 1.32 bits per heavy atom. The highest BCUT2D eigenvalue weighted by molar-refractivity contribution is 5.87. The Kier molecular flexibility index (Phi) is 3.08. The van der Waals surface area contributed by atoms with E-state index in [1.165, 1.54) is 0 Å². The number of rotatable bonds is 2. The number of hydrogen-bond donors (Lipinski definition) is 2. The highest BCUT2D eigenvalue weighted by atomic mass is 16.3. The van der Waals surface area contributed by atoms with E-state index in [2.05, 4.69) is 14.9 Å². The molecule has 0 bridgehead atoms. The lowest BCUT2D eigenvalue weighted by Gasteiger charge is -2.39. The average Bonchev–Trinajstić information content (AvgIpc) is 2.47. The van der Waals surface area contributed by atoms with E-state index >= 15 is 0 Å². The van der Waals surface area contributed by atoms with Gasteiger partial charge in [-0.2, -0.15) is 0 Å². The van der Waals surface area contributed by atoms with E-state index in [0.29, 0.717) is 13.1 Å². The summed E-state index contributed by atoms with van der Waals surface area (Å²) in [5.74, 6) is 0. The summed E-state index contributed by atoms with van der Waals surface area (Å²) in [4.78, 5) is 10.9. The Bertz CT molecular complexity index is 583. The highest BCUT2D eigenvalue weighted by Crippen LogP contribution is 2.29. The molecule has 1 aliphatic heterocycles. The average molecular weight is 258 g/mol. The maximum absolute atomic E-state index is 10.4. The molecule has 1 saturated heterocycles. The van der Waals surface area contributed by atoms with Crippen molar-refractivity contribution in [1.29, 1.82) is 0 Å². The summed E-state index contributed by atoms with van der Waals surface area (Å²) in [7, 11) is 0. The lowest BCUT2D eigenvalue weighted by molar-refractivity contribution is 0.0348. The molecule has 0 aromatic carbocycles. The van der Waals surface area contributed by atoms with Gasteiger partial charge in [0.15, 0.2) is 0 Å². The third-order valence-electron chi connectivity index (χ3n) is 3.75. The van der Waals surface area contributed by atoms with E-state index in [0.717, 1.165) is 36.1 Å². The maximum atomic E-state index is 10.4. The number of piperidine rings is 1. The molecule has 3 heterocycles. The Morgan fingerprint density at radius 3 is 3.05 bits per heavy atom. The van der Waals surface area contributed by atoms with Crippen LogP contribution in [0.25, 0.3) is 11.0 Å². The standard InChI is InChI=1S/C14H18N4O/c15-9-14(19)5-2-8-18(10-14)12-4-7-16-11-3-1-6-17-13(11)12/h1,3-4,6-7,19H,2,5,8-10,15H2/t14-/m0/s1. The summed E-state index contributed by atoms with van der Waals surface area (Å²) in [5, 5.41) is 10.4. The van der Waals surface area contributed by atoms with Crippen LogP contribution in [0.15, 0.2) is 30.6 Å². The van der Waals surface area contributed by atoms with Gasteiger partial charge in [-0.3, -0.25) is 9.97 Å². The zero-order valence-electron chi connectivity index (χ0n) is 10.8. The number of nitrogens with zero attached hydrogens (tertiary/aromatic N) is 3. The Balaban J connectivity index is 2.00. The largest absolute Gasteiger partial charge is 0.387 e. The van der Waals surface area contributed by atoms with Crippen LogP contribution in [-0.4, -0.2) is 40.3 Å². The van der Waals surface area contributed by atoms with Gasteiger partial charge in [0, 0.05) is 32.0 Å². The molecule has 0 spiro atoms. The minimum Gasteiger partial charge on any atom is -0.387 e. The summed E-state index contributed by atoms with van der Waals surface area (Å²) in [5.41, 5.74) is 7.68. The van der Waals surface area contributed by atoms with E-state index in [9.17, 15) is 5.11 Å². The molecule has 5 nitrogen and oxygen atoms in total. The lowest BCUT2D eigenvalue weighted by atomic mass is 9.92. The number of anilines is 1. The third kappa shape index (κ3) is 2.27. The molecule has 0 aliphatic carbocycles. The number of fused-ring (bicyclic) bond motifs is 1.